The van der Waals surface area contributed by atoms with Gasteiger partial charge in [0.2, 0.25) is 5.60 Å². The van der Waals surface area contributed by atoms with Crippen molar-refractivity contribution >= 4 is 40.8 Å². The van der Waals surface area contributed by atoms with Crippen LogP contribution in [0.2, 0.25) is 10.0 Å². The van der Waals surface area contributed by atoms with Crippen molar-refractivity contribution in [2.45, 2.75) is 37.7 Å². The predicted molar refractivity (Wildman–Crippen MR) is 94.0 cm³/mol. The minimum Gasteiger partial charge on any atom is -0.481 e. The van der Waals surface area contributed by atoms with Gasteiger partial charge in [-0.2, -0.15) is 0 Å². The molecule has 2 atom stereocenters. The molecule has 1 heterocycles. The molecule has 0 saturated heterocycles. The summed E-state index contributed by atoms with van der Waals surface area (Å²) in [6, 6.07) is 5.16. The highest BCUT2D eigenvalue weighted by Gasteiger charge is 2.57. The monoisotopic (exact) mass is 384 g/mol. The fourth-order valence-electron chi connectivity index (χ4n) is 3.50. The number of oxime groups is 1. The third-order valence-electron chi connectivity index (χ3n) is 4.64. The van der Waals surface area contributed by atoms with Crippen molar-refractivity contribution in [1.82, 2.24) is 5.32 Å². The van der Waals surface area contributed by atoms with Crippen LogP contribution in [0.5, 0.6) is 0 Å². The number of carboxylic acids is 1. The first-order valence-electron chi connectivity index (χ1n) is 8.15. The summed E-state index contributed by atoms with van der Waals surface area (Å²) in [6.45, 7) is 0.293. The zero-order valence-electron chi connectivity index (χ0n) is 13.4. The van der Waals surface area contributed by atoms with E-state index >= 15 is 0 Å². The van der Waals surface area contributed by atoms with E-state index in [0.717, 1.165) is 18.4 Å². The minimum absolute atomic E-state index is 0.0142. The van der Waals surface area contributed by atoms with Crippen molar-refractivity contribution in [3.8, 4) is 0 Å². The zero-order chi connectivity index (χ0) is 18.0. The van der Waals surface area contributed by atoms with Gasteiger partial charge >= 0.3 is 5.97 Å². The zero-order valence-corrected chi connectivity index (χ0v) is 14.9. The Labute approximate surface area is 155 Å². The lowest BCUT2D eigenvalue weighted by molar-refractivity contribution is -0.146. The molecule has 6 nitrogen and oxygen atoms in total. The Kier molecular flexibility index (Phi) is 5.20. The van der Waals surface area contributed by atoms with E-state index in [1.807, 2.05) is 0 Å². The minimum atomic E-state index is -1.02. The lowest BCUT2D eigenvalue weighted by Gasteiger charge is -2.25. The van der Waals surface area contributed by atoms with Crippen LogP contribution in [-0.4, -0.2) is 34.8 Å². The number of hydrogen-bond donors (Lipinski definition) is 2. The summed E-state index contributed by atoms with van der Waals surface area (Å²) in [7, 11) is 0. The number of nitrogens with zero attached hydrogens (tertiary/aromatic N) is 1. The Hall–Kier alpha value is -1.79. The molecule has 0 aromatic heterocycles. The van der Waals surface area contributed by atoms with Crippen LogP contribution in [0, 0.1) is 5.92 Å². The molecule has 8 heteroatoms. The Morgan fingerprint density at radius 1 is 1.32 bits per heavy atom. The van der Waals surface area contributed by atoms with Gasteiger partial charge in [0.15, 0.2) is 0 Å². The number of carbonyl (C=O) groups is 2. The number of carbonyl (C=O) groups excluding carboxylic acids is 1. The molecule has 134 valence electrons. The van der Waals surface area contributed by atoms with E-state index in [1.54, 1.807) is 18.2 Å². The Morgan fingerprint density at radius 2 is 2.04 bits per heavy atom. The number of halogens is 2. The topological polar surface area (TPSA) is 88.0 Å². The molecule has 1 saturated carbocycles. The van der Waals surface area contributed by atoms with E-state index in [1.165, 1.54) is 0 Å². The summed E-state index contributed by atoms with van der Waals surface area (Å²) < 4.78 is 0. The number of aliphatic carboxylic acids is 1. The molecule has 0 radical (unpaired) electrons. The molecule has 1 aromatic carbocycles. The SMILES string of the molecule is O=C(O)CCCNC(=O)C12CCCC1C(c1cc(Cl)cc(Cl)c1)=NO2. The van der Waals surface area contributed by atoms with Gasteiger partial charge in [0.25, 0.3) is 5.91 Å². The molecule has 2 N–H and O–H groups in total. The number of hydrogen-bond acceptors (Lipinski definition) is 4. The number of fused-ring (bicyclic) bond motifs is 1. The van der Waals surface area contributed by atoms with Crippen molar-refractivity contribution < 1.29 is 19.5 Å². The summed E-state index contributed by atoms with van der Waals surface area (Å²) in [6.07, 6.45) is 2.59. The quantitative estimate of drug-likeness (QED) is 0.736. The van der Waals surface area contributed by atoms with Gasteiger partial charge in [-0.05, 0) is 43.9 Å². The second-order valence-electron chi connectivity index (χ2n) is 6.31. The molecule has 0 bridgehead atoms. The molecule has 1 fully saturated rings. The van der Waals surface area contributed by atoms with E-state index in [9.17, 15) is 9.59 Å². The summed E-state index contributed by atoms with van der Waals surface area (Å²) in [4.78, 5) is 28.9. The molecule has 25 heavy (non-hydrogen) atoms. The molecule has 3 rings (SSSR count). The smallest absolute Gasteiger partial charge is 0.303 e. The summed E-state index contributed by atoms with van der Waals surface area (Å²) in [5.74, 6) is -1.29. The Balaban J connectivity index is 1.73. The highest BCUT2D eigenvalue weighted by atomic mass is 35.5. The van der Waals surface area contributed by atoms with Crippen LogP contribution in [0.25, 0.3) is 0 Å². The van der Waals surface area contributed by atoms with Crippen molar-refractivity contribution in [1.29, 1.82) is 0 Å². The van der Waals surface area contributed by atoms with Crippen molar-refractivity contribution in [3.05, 3.63) is 33.8 Å². The number of rotatable bonds is 6. The maximum Gasteiger partial charge on any atom is 0.303 e. The van der Waals surface area contributed by atoms with Crippen LogP contribution in [0.15, 0.2) is 23.4 Å². The average molecular weight is 385 g/mol. The second kappa shape index (κ2) is 7.22. The van der Waals surface area contributed by atoms with E-state index in [-0.39, 0.29) is 18.2 Å². The molecular formula is C17H18Cl2N2O4. The molecule has 2 unspecified atom stereocenters. The molecular weight excluding hydrogens is 367 g/mol. The Bertz CT molecular complexity index is 717. The van der Waals surface area contributed by atoms with E-state index in [2.05, 4.69) is 10.5 Å². The predicted octanol–water partition coefficient (Wildman–Crippen LogP) is 3.25. The normalized spacial score (nSPS) is 24.4. The van der Waals surface area contributed by atoms with Crippen LogP contribution in [0.1, 0.15) is 37.7 Å². The first-order valence-corrected chi connectivity index (χ1v) is 8.90. The highest BCUT2D eigenvalue weighted by molar-refractivity contribution is 6.35. The van der Waals surface area contributed by atoms with Gasteiger partial charge in [-0.3, -0.25) is 9.59 Å². The summed E-state index contributed by atoms with van der Waals surface area (Å²) in [5, 5.41) is 16.6. The van der Waals surface area contributed by atoms with Gasteiger partial charge in [-0.15, -0.1) is 0 Å². The number of nitrogens with one attached hydrogen (secondary N) is 1. The highest BCUT2D eigenvalue weighted by Crippen LogP contribution is 2.45. The maximum atomic E-state index is 12.7. The molecule has 1 amide bonds. The molecule has 1 aliphatic heterocycles. The third kappa shape index (κ3) is 3.60. The molecule has 1 aliphatic carbocycles. The summed E-state index contributed by atoms with van der Waals surface area (Å²) in [5.41, 5.74) is 0.417. The average Bonchev–Trinajstić information content (AvgIpc) is 3.09. The van der Waals surface area contributed by atoms with Crippen molar-refractivity contribution in [2.24, 2.45) is 11.1 Å². The summed E-state index contributed by atoms with van der Waals surface area (Å²) >= 11 is 12.1. The van der Waals surface area contributed by atoms with E-state index in [4.69, 9.17) is 33.1 Å². The standard InChI is InChI=1S/C17H18Cl2N2O4/c18-11-7-10(8-12(19)9-11)15-13-3-1-5-17(13,25-21-15)16(24)20-6-2-4-14(22)23/h7-9,13H,1-6H2,(H,20,24)(H,22,23). The molecule has 2 aliphatic rings. The lowest BCUT2D eigenvalue weighted by atomic mass is 9.84. The van der Waals surface area contributed by atoms with Crippen molar-refractivity contribution in [2.75, 3.05) is 6.54 Å². The first kappa shape index (κ1) is 18.0. The molecule has 0 spiro atoms. The number of carboxylic acid groups (broad SMARTS) is 1. The van der Waals surface area contributed by atoms with Gasteiger partial charge in [-0.1, -0.05) is 28.4 Å². The van der Waals surface area contributed by atoms with Gasteiger partial charge < -0.3 is 15.3 Å². The fraction of sp³-hybridized carbons (Fsp3) is 0.471. The largest absolute Gasteiger partial charge is 0.481 e. The van der Waals surface area contributed by atoms with E-state index in [0.29, 0.717) is 35.1 Å². The number of benzene rings is 1. The van der Waals surface area contributed by atoms with E-state index < -0.39 is 11.6 Å². The van der Waals surface area contributed by atoms with Crippen LogP contribution in [-0.2, 0) is 14.4 Å². The third-order valence-corrected chi connectivity index (χ3v) is 5.07. The van der Waals surface area contributed by atoms with Crippen molar-refractivity contribution in [3.63, 3.8) is 0 Å². The van der Waals surface area contributed by atoms with Gasteiger partial charge in [0.1, 0.15) is 0 Å². The molecule has 1 aromatic rings. The first-order chi connectivity index (χ1) is 11.9. The van der Waals surface area contributed by atoms with Crippen LogP contribution >= 0.6 is 23.2 Å². The lowest BCUT2D eigenvalue weighted by Crippen LogP contribution is -2.50. The van der Waals surface area contributed by atoms with Crippen LogP contribution in [0.3, 0.4) is 0 Å². The second-order valence-corrected chi connectivity index (χ2v) is 7.19. The van der Waals surface area contributed by atoms with Gasteiger partial charge in [0, 0.05) is 28.6 Å². The Morgan fingerprint density at radius 3 is 2.72 bits per heavy atom. The van der Waals surface area contributed by atoms with Crippen LogP contribution < -0.4 is 5.32 Å². The number of amides is 1. The van der Waals surface area contributed by atoms with Gasteiger partial charge in [-0.25, -0.2) is 0 Å². The fourth-order valence-corrected chi connectivity index (χ4v) is 4.02. The van der Waals surface area contributed by atoms with Gasteiger partial charge in [0.05, 0.1) is 11.6 Å². The maximum absolute atomic E-state index is 12.7. The van der Waals surface area contributed by atoms with Crippen LogP contribution in [0.4, 0.5) is 0 Å².